The Kier molecular flexibility index (Phi) is 18.2. The molecule has 18 N–H and O–H groups in total. The lowest BCUT2D eigenvalue weighted by atomic mass is 9.95. The number of aliphatic hydroxyl groups excluding tert-OH is 18. The zero-order valence-corrected chi connectivity index (χ0v) is 34.7. The lowest BCUT2D eigenvalue weighted by Crippen LogP contribution is -2.67. The van der Waals surface area contributed by atoms with Gasteiger partial charge in [-0.25, -0.2) is 0 Å². The quantitative estimate of drug-likeness (QED) is 0.0768. The van der Waals surface area contributed by atoms with Gasteiger partial charge in [-0.2, -0.15) is 0 Å². The molecule has 6 fully saturated rings. The van der Waals surface area contributed by atoms with E-state index in [4.69, 9.17) is 52.1 Å². The standard InChI is InChI=1S/C36H62O29/c1-7-13(40)18(45)22(49)32(56-7)64-29-26(53)31(54)58-11(5-39)27(29)62-35-25(52)21(48)16(43)12(61-35)6-55-36-30(65-33-23(50)19(46)14(41)8(2)57-33)28(17(44)10(4-38)60-36)63-34-24(51)20(47)15(42)9(3-37)59-34/h7-54H,3-6H2,1-2H3/t7-,8-,9+,10+,11+,12+,13+,14+,15-,16-,17-,18+,19+,20-,21-,22-,23-,24+,25+,26+,27+,28-,29+,30+,31?,32-,33-,34+,35+,36+/m0/s1. The molecular formula is C36H62O29. The van der Waals surface area contributed by atoms with Crippen molar-refractivity contribution in [2.75, 3.05) is 26.4 Å². The normalized spacial score (nSPS) is 54.6. The molecular weight excluding hydrogens is 896 g/mol. The minimum absolute atomic E-state index is 0.891. The van der Waals surface area contributed by atoms with Crippen molar-refractivity contribution in [1.82, 2.24) is 0 Å². The molecule has 6 aliphatic heterocycles. The average Bonchev–Trinajstić information content (AvgIpc) is 3.28. The van der Waals surface area contributed by atoms with E-state index >= 15 is 0 Å². The van der Waals surface area contributed by atoms with Gasteiger partial charge in [0.1, 0.15) is 134 Å². The smallest absolute Gasteiger partial charge is 0.187 e. The Morgan fingerprint density at radius 3 is 1.14 bits per heavy atom. The van der Waals surface area contributed by atoms with Crippen molar-refractivity contribution in [2.24, 2.45) is 0 Å². The zero-order valence-electron chi connectivity index (χ0n) is 34.7. The molecule has 6 saturated heterocycles. The first-order valence-electron chi connectivity index (χ1n) is 20.8. The van der Waals surface area contributed by atoms with Gasteiger partial charge >= 0.3 is 0 Å². The predicted octanol–water partition coefficient (Wildman–Crippen LogP) is -12.0. The highest BCUT2D eigenvalue weighted by atomic mass is 16.8. The molecule has 1 unspecified atom stereocenters. The summed E-state index contributed by atoms with van der Waals surface area (Å²) in [6, 6.07) is 0. The molecule has 0 saturated carbocycles. The van der Waals surface area contributed by atoms with Gasteiger partial charge in [-0.1, -0.05) is 0 Å². The maximum absolute atomic E-state index is 11.4. The maximum Gasteiger partial charge on any atom is 0.187 e. The molecule has 29 heteroatoms. The molecule has 0 bridgehead atoms. The Bertz CT molecular complexity index is 1470. The Balaban J connectivity index is 1.25. The molecule has 380 valence electrons. The SMILES string of the molecule is C[C@@H]1O[C@@H](O[C@H]2[C@H](OC[C@H]3O[C@H](O[C@H]4[C@H](O[C@@H]5O[C@@H](C)[C@@H](O)[C@@H](O)[C@@H]5O)[C@@H](O)C(O)O[C@@H]4CO)[C@H](O)[C@@H](O)[C@H]3O)O[C@H](CO)[C@H](O)[C@@H]2O[C@H]2O[C@H](CO)[C@H](O)[C@H](O)[C@H]2O)[C@@H](O)[C@H](O)[C@@H]1O. The van der Waals surface area contributed by atoms with Crippen molar-refractivity contribution < 1.29 is 144 Å². The highest BCUT2D eigenvalue weighted by Gasteiger charge is 2.57. The highest BCUT2D eigenvalue weighted by molar-refractivity contribution is 4.99. The average molecular weight is 959 g/mol. The van der Waals surface area contributed by atoms with E-state index in [9.17, 15) is 91.9 Å². The van der Waals surface area contributed by atoms with E-state index in [1.165, 1.54) is 13.8 Å². The molecule has 0 radical (unpaired) electrons. The first-order valence-corrected chi connectivity index (χ1v) is 20.8. The van der Waals surface area contributed by atoms with E-state index in [0.717, 1.165) is 0 Å². The molecule has 0 spiro atoms. The van der Waals surface area contributed by atoms with E-state index in [2.05, 4.69) is 0 Å². The van der Waals surface area contributed by atoms with Crippen LogP contribution in [0.15, 0.2) is 0 Å². The van der Waals surface area contributed by atoms with Crippen LogP contribution in [0.2, 0.25) is 0 Å². The summed E-state index contributed by atoms with van der Waals surface area (Å²) in [6.07, 6.45) is -55.1. The van der Waals surface area contributed by atoms with Gasteiger partial charge in [-0.15, -0.1) is 0 Å². The molecule has 0 aromatic rings. The van der Waals surface area contributed by atoms with Crippen LogP contribution < -0.4 is 0 Å². The molecule has 0 aromatic heterocycles. The van der Waals surface area contributed by atoms with Gasteiger partial charge in [0.05, 0.1) is 38.6 Å². The molecule has 6 rings (SSSR count). The Morgan fingerprint density at radius 2 is 0.662 bits per heavy atom. The van der Waals surface area contributed by atoms with Crippen molar-refractivity contribution in [3.05, 3.63) is 0 Å². The summed E-state index contributed by atoms with van der Waals surface area (Å²) in [5.41, 5.74) is 0. The first-order chi connectivity index (χ1) is 30.6. The third-order valence-electron chi connectivity index (χ3n) is 12.3. The monoisotopic (exact) mass is 958 g/mol. The van der Waals surface area contributed by atoms with Crippen molar-refractivity contribution in [1.29, 1.82) is 0 Å². The van der Waals surface area contributed by atoms with Crippen LogP contribution in [0, 0.1) is 0 Å². The second kappa shape index (κ2) is 22.3. The molecule has 6 heterocycles. The van der Waals surface area contributed by atoms with Crippen molar-refractivity contribution >= 4 is 0 Å². The fraction of sp³-hybridized carbons (Fsp3) is 1.00. The highest BCUT2D eigenvalue weighted by Crippen LogP contribution is 2.36. The van der Waals surface area contributed by atoms with Crippen LogP contribution in [0.3, 0.4) is 0 Å². The maximum atomic E-state index is 11.4. The minimum atomic E-state index is -2.14. The lowest BCUT2D eigenvalue weighted by Gasteiger charge is -2.49. The van der Waals surface area contributed by atoms with Crippen LogP contribution in [0.4, 0.5) is 0 Å². The van der Waals surface area contributed by atoms with Gasteiger partial charge in [0.25, 0.3) is 0 Å². The topological polar surface area (TPSA) is 466 Å². The molecule has 0 aliphatic carbocycles. The summed E-state index contributed by atoms with van der Waals surface area (Å²) in [6.45, 7) is -1.10. The van der Waals surface area contributed by atoms with E-state index in [1.807, 2.05) is 0 Å². The zero-order chi connectivity index (χ0) is 47.9. The van der Waals surface area contributed by atoms with Crippen LogP contribution in [0.25, 0.3) is 0 Å². The number of aliphatic hydroxyl groups is 18. The Morgan fingerprint density at radius 1 is 0.308 bits per heavy atom. The van der Waals surface area contributed by atoms with E-state index in [-0.39, 0.29) is 0 Å². The van der Waals surface area contributed by atoms with Gasteiger partial charge in [-0.05, 0) is 13.8 Å². The summed E-state index contributed by atoms with van der Waals surface area (Å²) in [7, 11) is 0. The van der Waals surface area contributed by atoms with Crippen LogP contribution in [-0.4, -0.2) is 303 Å². The molecule has 0 aromatic carbocycles. The summed E-state index contributed by atoms with van der Waals surface area (Å²) in [5, 5.41) is 190. The minimum Gasteiger partial charge on any atom is -0.394 e. The number of rotatable bonds is 14. The fourth-order valence-electron chi connectivity index (χ4n) is 8.26. The number of hydrogen-bond donors (Lipinski definition) is 18. The van der Waals surface area contributed by atoms with Gasteiger partial charge in [-0.3, -0.25) is 0 Å². The van der Waals surface area contributed by atoms with Gasteiger partial charge in [0.15, 0.2) is 37.7 Å². The fourth-order valence-corrected chi connectivity index (χ4v) is 8.26. The third-order valence-corrected chi connectivity index (χ3v) is 12.3. The van der Waals surface area contributed by atoms with Crippen molar-refractivity contribution in [3.8, 4) is 0 Å². The second-order valence-corrected chi connectivity index (χ2v) is 16.8. The second-order valence-electron chi connectivity index (χ2n) is 16.8. The van der Waals surface area contributed by atoms with E-state index in [0.29, 0.717) is 0 Å². The van der Waals surface area contributed by atoms with Crippen LogP contribution in [-0.2, 0) is 52.1 Å². The van der Waals surface area contributed by atoms with E-state index in [1.54, 1.807) is 0 Å². The number of hydrogen-bond acceptors (Lipinski definition) is 29. The third kappa shape index (κ3) is 10.9. The lowest BCUT2D eigenvalue weighted by molar-refractivity contribution is -0.397. The molecule has 30 atom stereocenters. The summed E-state index contributed by atoms with van der Waals surface area (Å²) in [4.78, 5) is 0. The van der Waals surface area contributed by atoms with Crippen molar-refractivity contribution in [3.63, 3.8) is 0 Å². The van der Waals surface area contributed by atoms with E-state index < -0.39 is 211 Å². The molecule has 0 amide bonds. The molecule has 29 nitrogen and oxygen atoms in total. The first kappa shape index (κ1) is 53.2. The largest absolute Gasteiger partial charge is 0.394 e. The van der Waals surface area contributed by atoms with Crippen LogP contribution in [0.5, 0.6) is 0 Å². The summed E-state index contributed by atoms with van der Waals surface area (Å²) < 4.78 is 62.5. The van der Waals surface area contributed by atoms with Gasteiger partial charge < -0.3 is 144 Å². The van der Waals surface area contributed by atoms with Crippen LogP contribution in [0.1, 0.15) is 13.8 Å². The van der Waals surface area contributed by atoms with Gasteiger partial charge in [0, 0.05) is 0 Å². The predicted molar refractivity (Wildman–Crippen MR) is 196 cm³/mol. The Hall–Kier alpha value is -1.16. The van der Waals surface area contributed by atoms with Gasteiger partial charge in [0.2, 0.25) is 0 Å². The Labute approximate surface area is 368 Å². The molecule has 65 heavy (non-hydrogen) atoms. The summed E-state index contributed by atoms with van der Waals surface area (Å²) in [5.74, 6) is 0. The van der Waals surface area contributed by atoms with Crippen molar-refractivity contribution in [2.45, 2.75) is 198 Å². The number of ether oxygens (including phenoxy) is 11. The molecule has 6 aliphatic rings. The summed E-state index contributed by atoms with van der Waals surface area (Å²) >= 11 is 0. The van der Waals surface area contributed by atoms with Crippen LogP contribution >= 0.6 is 0 Å².